The van der Waals surface area contributed by atoms with Gasteiger partial charge in [-0.2, -0.15) is 0 Å². The summed E-state index contributed by atoms with van der Waals surface area (Å²) < 4.78 is 5.31. The number of aromatic nitrogens is 2. The van der Waals surface area contributed by atoms with Crippen molar-refractivity contribution in [3.05, 3.63) is 10.0 Å². The summed E-state index contributed by atoms with van der Waals surface area (Å²) in [5.41, 5.74) is 0. The number of halogens is 1. The van der Waals surface area contributed by atoms with Crippen LogP contribution < -0.4 is 0 Å². The quantitative estimate of drug-likeness (QED) is 0.750. The Morgan fingerprint density at radius 1 is 1.36 bits per heavy atom. The summed E-state index contributed by atoms with van der Waals surface area (Å²) in [6, 6.07) is 0. The SMILES string of the molecule is ClCCc1nnc(C2CCOCC2)s1. The minimum atomic E-state index is 0.560. The van der Waals surface area contributed by atoms with Crippen molar-refractivity contribution in [3.63, 3.8) is 0 Å². The molecule has 0 spiro atoms. The first-order chi connectivity index (χ1) is 6.90. The van der Waals surface area contributed by atoms with Gasteiger partial charge in [0.25, 0.3) is 0 Å². The predicted molar refractivity (Wildman–Crippen MR) is 57.1 cm³/mol. The molecule has 5 heteroatoms. The van der Waals surface area contributed by atoms with Gasteiger partial charge in [0, 0.05) is 31.4 Å². The third-order valence-electron chi connectivity index (χ3n) is 2.36. The first-order valence-corrected chi connectivity index (χ1v) is 6.21. The van der Waals surface area contributed by atoms with Gasteiger partial charge >= 0.3 is 0 Å². The second-order valence-corrected chi connectivity index (χ2v) is 4.83. The number of rotatable bonds is 3. The zero-order valence-corrected chi connectivity index (χ0v) is 9.48. The highest BCUT2D eigenvalue weighted by Gasteiger charge is 2.19. The topological polar surface area (TPSA) is 35.0 Å². The highest BCUT2D eigenvalue weighted by atomic mass is 35.5. The Morgan fingerprint density at radius 2 is 2.14 bits per heavy atom. The first kappa shape index (κ1) is 10.3. The lowest BCUT2D eigenvalue weighted by atomic mass is 10.0. The van der Waals surface area contributed by atoms with Crippen LogP contribution in [0.4, 0.5) is 0 Å². The number of hydrogen-bond donors (Lipinski definition) is 0. The van der Waals surface area contributed by atoms with Gasteiger partial charge in [-0.15, -0.1) is 33.1 Å². The van der Waals surface area contributed by atoms with Crippen LogP contribution in [0.25, 0.3) is 0 Å². The molecule has 0 radical (unpaired) electrons. The Bertz CT molecular complexity index is 286. The largest absolute Gasteiger partial charge is 0.381 e. The Labute approximate surface area is 92.4 Å². The Morgan fingerprint density at radius 3 is 2.86 bits per heavy atom. The van der Waals surface area contributed by atoms with Gasteiger partial charge in [0.15, 0.2) is 0 Å². The Balaban J connectivity index is 2.00. The van der Waals surface area contributed by atoms with Gasteiger partial charge in [0.2, 0.25) is 0 Å². The first-order valence-electron chi connectivity index (χ1n) is 4.86. The molecule has 78 valence electrons. The smallest absolute Gasteiger partial charge is 0.120 e. The van der Waals surface area contributed by atoms with E-state index in [1.807, 2.05) is 0 Å². The van der Waals surface area contributed by atoms with E-state index in [0.717, 1.165) is 42.5 Å². The van der Waals surface area contributed by atoms with E-state index in [-0.39, 0.29) is 0 Å². The summed E-state index contributed by atoms with van der Waals surface area (Å²) in [5.74, 6) is 1.19. The molecule has 0 saturated carbocycles. The zero-order valence-electron chi connectivity index (χ0n) is 7.91. The molecule has 1 saturated heterocycles. The number of aryl methyl sites for hydroxylation is 1. The number of alkyl halides is 1. The van der Waals surface area contributed by atoms with E-state index in [0.29, 0.717) is 11.8 Å². The van der Waals surface area contributed by atoms with E-state index in [1.54, 1.807) is 11.3 Å². The molecule has 1 aliphatic rings. The van der Waals surface area contributed by atoms with Gasteiger partial charge in [-0.05, 0) is 12.8 Å². The van der Waals surface area contributed by atoms with Crippen LogP contribution in [-0.4, -0.2) is 29.3 Å². The third kappa shape index (κ3) is 2.43. The van der Waals surface area contributed by atoms with Crippen molar-refractivity contribution in [1.82, 2.24) is 10.2 Å². The summed E-state index contributed by atoms with van der Waals surface area (Å²) in [7, 11) is 0. The van der Waals surface area contributed by atoms with Crippen molar-refractivity contribution < 1.29 is 4.74 Å². The summed E-state index contributed by atoms with van der Waals surface area (Å²) >= 11 is 7.35. The minimum absolute atomic E-state index is 0.560. The molecule has 0 bridgehead atoms. The fraction of sp³-hybridized carbons (Fsp3) is 0.778. The van der Waals surface area contributed by atoms with Crippen molar-refractivity contribution in [2.75, 3.05) is 19.1 Å². The van der Waals surface area contributed by atoms with Crippen molar-refractivity contribution >= 4 is 22.9 Å². The zero-order chi connectivity index (χ0) is 9.80. The summed E-state index contributed by atoms with van der Waals surface area (Å²) in [6.45, 7) is 1.71. The standard InChI is InChI=1S/C9H13ClN2OS/c10-4-1-8-11-12-9(14-8)7-2-5-13-6-3-7/h7H,1-6H2. The molecule has 2 heterocycles. The molecular formula is C9H13ClN2OS. The summed E-state index contributed by atoms with van der Waals surface area (Å²) in [5, 5.41) is 10.6. The summed E-state index contributed by atoms with van der Waals surface area (Å²) in [4.78, 5) is 0. The molecule has 1 aliphatic heterocycles. The van der Waals surface area contributed by atoms with E-state index >= 15 is 0 Å². The van der Waals surface area contributed by atoms with Gasteiger partial charge in [-0.3, -0.25) is 0 Å². The van der Waals surface area contributed by atoms with Crippen LogP contribution in [-0.2, 0) is 11.2 Å². The molecule has 1 aromatic rings. The lowest BCUT2D eigenvalue weighted by Gasteiger charge is -2.18. The normalized spacial score (nSPS) is 18.6. The Kier molecular flexibility index (Phi) is 3.73. The monoisotopic (exact) mass is 232 g/mol. The lowest BCUT2D eigenvalue weighted by molar-refractivity contribution is 0.0851. The van der Waals surface area contributed by atoms with Crippen LogP contribution in [0.2, 0.25) is 0 Å². The fourth-order valence-corrected chi connectivity index (χ4v) is 2.86. The number of nitrogens with zero attached hydrogens (tertiary/aromatic N) is 2. The minimum Gasteiger partial charge on any atom is -0.381 e. The van der Waals surface area contributed by atoms with Crippen molar-refractivity contribution in [2.45, 2.75) is 25.2 Å². The molecule has 1 aromatic heterocycles. The molecule has 0 atom stereocenters. The van der Waals surface area contributed by atoms with Gasteiger partial charge in [0.1, 0.15) is 10.0 Å². The molecule has 3 nitrogen and oxygen atoms in total. The van der Waals surface area contributed by atoms with E-state index in [4.69, 9.17) is 16.3 Å². The number of hydrogen-bond acceptors (Lipinski definition) is 4. The average molecular weight is 233 g/mol. The van der Waals surface area contributed by atoms with Crippen LogP contribution in [0, 0.1) is 0 Å². The van der Waals surface area contributed by atoms with Gasteiger partial charge in [-0.25, -0.2) is 0 Å². The molecule has 2 rings (SSSR count). The van der Waals surface area contributed by atoms with Crippen LogP contribution in [0.1, 0.15) is 28.8 Å². The molecule has 0 N–H and O–H groups in total. The van der Waals surface area contributed by atoms with Crippen LogP contribution >= 0.6 is 22.9 Å². The van der Waals surface area contributed by atoms with E-state index < -0.39 is 0 Å². The number of ether oxygens (including phenoxy) is 1. The molecule has 0 unspecified atom stereocenters. The molecule has 1 fully saturated rings. The van der Waals surface area contributed by atoms with Crippen LogP contribution in [0.3, 0.4) is 0 Å². The van der Waals surface area contributed by atoms with Gasteiger partial charge < -0.3 is 4.74 Å². The molecule has 0 amide bonds. The van der Waals surface area contributed by atoms with Gasteiger partial charge in [-0.1, -0.05) is 0 Å². The average Bonchev–Trinajstić information content (AvgIpc) is 2.68. The molecule has 0 aromatic carbocycles. The fourth-order valence-electron chi connectivity index (χ4n) is 1.56. The van der Waals surface area contributed by atoms with Crippen molar-refractivity contribution in [1.29, 1.82) is 0 Å². The molecule has 0 aliphatic carbocycles. The van der Waals surface area contributed by atoms with Crippen molar-refractivity contribution in [3.8, 4) is 0 Å². The second kappa shape index (κ2) is 5.05. The van der Waals surface area contributed by atoms with E-state index in [2.05, 4.69) is 10.2 Å². The third-order valence-corrected chi connectivity index (χ3v) is 3.70. The van der Waals surface area contributed by atoms with E-state index in [1.165, 1.54) is 0 Å². The molecule has 14 heavy (non-hydrogen) atoms. The lowest BCUT2D eigenvalue weighted by Crippen LogP contribution is -2.13. The van der Waals surface area contributed by atoms with Crippen LogP contribution in [0.15, 0.2) is 0 Å². The highest BCUT2D eigenvalue weighted by molar-refractivity contribution is 7.11. The predicted octanol–water partition coefficient (Wildman–Crippen LogP) is 2.21. The van der Waals surface area contributed by atoms with Crippen molar-refractivity contribution in [2.24, 2.45) is 0 Å². The van der Waals surface area contributed by atoms with Crippen LogP contribution in [0.5, 0.6) is 0 Å². The maximum atomic E-state index is 5.65. The maximum absolute atomic E-state index is 5.65. The van der Waals surface area contributed by atoms with Gasteiger partial charge in [0.05, 0.1) is 0 Å². The second-order valence-electron chi connectivity index (χ2n) is 3.36. The Hall–Kier alpha value is -0.190. The van der Waals surface area contributed by atoms with E-state index in [9.17, 15) is 0 Å². The maximum Gasteiger partial charge on any atom is 0.120 e. The summed E-state index contributed by atoms with van der Waals surface area (Å²) in [6.07, 6.45) is 2.99. The molecular weight excluding hydrogens is 220 g/mol. The highest BCUT2D eigenvalue weighted by Crippen LogP contribution is 2.29.